The van der Waals surface area contributed by atoms with Crippen LogP contribution in [0.1, 0.15) is 15.9 Å². The van der Waals surface area contributed by atoms with Gasteiger partial charge in [0.1, 0.15) is 0 Å². The maximum Gasteiger partial charge on any atom is 0.417 e. The number of hydrogen-bond donors (Lipinski definition) is 1. The summed E-state index contributed by atoms with van der Waals surface area (Å²) in [7, 11) is 4.00. The molecule has 0 atom stereocenters. The number of nitrogens with one attached hydrogen (secondary N) is 1. The minimum Gasteiger partial charge on any atom is -0.408 e. The third-order valence-electron chi connectivity index (χ3n) is 5.18. The molecule has 6 nitrogen and oxygen atoms in total. The molecule has 31 heavy (non-hydrogen) atoms. The van der Waals surface area contributed by atoms with E-state index in [1.54, 1.807) is 0 Å². The molecule has 0 saturated heterocycles. The molecule has 0 aliphatic rings. The van der Waals surface area contributed by atoms with Crippen molar-refractivity contribution in [2.75, 3.05) is 27.2 Å². The van der Waals surface area contributed by atoms with Gasteiger partial charge in [0.2, 0.25) is 0 Å². The molecule has 0 aliphatic carbocycles. The van der Waals surface area contributed by atoms with E-state index in [1.165, 1.54) is 0 Å². The second-order valence-electron chi connectivity index (χ2n) is 7.82. The van der Waals surface area contributed by atoms with E-state index in [1.807, 2.05) is 85.7 Å². The summed E-state index contributed by atoms with van der Waals surface area (Å²) in [6.07, 6.45) is 0. The molecule has 4 rings (SSSR count). The second-order valence-corrected chi connectivity index (χ2v) is 7.82. The number of aromatic amines is 1. The van der Waals surface area contributed by atoms with Gasteiger partial charge in [-0.3, -0.25) is 9.78 Å². The van der Waals surface area contributed by atoms with Crippen LogP contribution in [0.3, 0.4) is 0 Å². The summed E-state index contributed by atoms with van der Waals surface area (Å²) in [5.74, 6) is -0.444. The zero-order chi connectivity index (χ0) is 21.8. The summed E-state index contributed by atoms with van der Waals surface area (Å²) in [5, 5.41) is 0. The summed E-state index contributed by atoms with van der Waals surface area (Å²) in [6.45, 7) is 1.92. The Kier molecular flexibility index (Phi) is 6.00. The van der Waals surface area contributed by atoms with Crippen molar-refractivity contribution in [3.63, 3.8) is 0 Å². The maximum absolute atomic E-state index is 13.1. The molecule has 0 radical (unpaired) electrons. The van der Waals surface area contributed by atoms with E-state index in [9.17, 15) is 9.59 Å². The monoisotopic (exact) mass is 415 g/mol. The largest absolute Gasteiger partial charge is 0.417 e. The number of aromatic nitrogens is 1. The average molecular weight is 415 g/mol. The quantitative estimate of drug-likeness (QED) is 0.496. The van der Waals surface area contributed by atoms with Crippen LogP contribution in [0.15, 0.2) is 82.0 Å². The lowest BCUT2D eigenvalue weighted by Gasteiger charge is -2.25. The number of nitrogens with zero attached hydrogens (tertiary/aromatic N) is 2. The summed E-state index contributed by atoms with van der Waals surface area (Å²) in [6, 6.07) is 23.1. The molecule has 1 N–H and O–H groups in total. The van der Waals surface area contributed by atoms with E-state index in [-0.39, 0.29) is 5.91 Å². The first-order valence-corrected chi connectivity index (χ1v) is 10.2. The van der Waals surface area contributed by atoms with Crippen molar-refractivity contribution in [2.24, 2.45) is 0 Å². The SMILES string of the molecule is CN(C)CCN(Cc1cccc(-c2ccc3[nH]c(=O)oc3c2)c1)C(=O)c1ccccc1. The van der Waals surface area contributed by atoms with Crippen molar-refractivity contribution in [1.82, 2.24) is 14.8 Å². The van der Waals surface area contributed by atoms with Gasteiger partial charge in [-0.1, -0.05) is 42.5 Å². The van der Waals surface area contributed by atoms with Crippen LogP contribution in [-0.2, 0) is 6.54 Å². The molecule has 6 heteroatoms. The summed E-state index contributed by atoms with van der Waals surface area (Å²) < 4.78 is 5.19. The fraction of sp³-hybridized carbons (Fsp3) is 0.200. The Bertz CT molecular complexity index is 1240. The number of benzene rings is 3. The van der Waals surface area contributed by atoms with Gasteiger partial charge in [-0.05, 0) is 61.1 Å². The number of amides is 1. The molecule has 3 aromatic carbocycles. The van der Waals surface area contributed by atoms with Gasteiger partial charge in [-0.15, -0.1) is 0 Å². The third-order valence-corrected chi connectivity index (χ3v) is 5.18. The maximum atomic E-state index is 13.1. The fourth-order valence-electron chi connectivity index (χ4n) is 3.53. The van der Waals surface area contributed by atoms with E-state index < -0.39 is 5.76 Å². The summed E-state index contributed by atoms with van der Waals surface area (Å²) >= 11 is 0. The lowest BCUT2D eigenvalue weighted by atomic mass is 10.0. The van der Waals surface area contributed by atoms with Gasteiger partial charge in [0.15, 0.2) is 5.58 Å². The average Bonchev–Trinajstić information content (AvgIpc) is 3.16. The number of carbonyl (C=O) groups is 1. The molecule has 0 aliphatic heterocycles. The Morgan fingerprint density at radius 2 is 1.68 bits per heavy atom. The fourth-order valence-corrected chi connectivity index (χ4v) is 3.53. The van der Waals surface area contributed by atoms with Crippen LogP contribution in [0.5, 0.6) is 0 Å². The van der Waals surface area contributed by atoms with Crippen LogP contribution in [-0.4, -0.2) is 47.9 Å². The van der Waals surface area contributed by atoms with E-state index >= 15 is 0 Å². The molecule has 158 valence electrons. The number of fused-ring (bicyclic) bond motifs is 1. The van der Waals surface area contributed by atoms with E-state index in [4.69, 9.17) is 4.42 Å². The van der Waals surface area contributed by atoms with Crippen molar-refractivity contribution in [3.8, 4) is 11.1 Å². The molecule has 1 aromatic heterocycles. The molecule has 0 bridgehead atoms. The third kappa shape index (κ3) is 4.92. The number of carbonyl (C=O) groups excluding carboxylic acids is 1. The van der Waals surface area contributed by atoms with Gasteiger partial charge >= 0.3 is 5.76 Å². The summed E-state index contributed by atoms with van der Waals surface area (Å²) in [4.78, 5) is 31.2. The van der Waals surface area contributed by atoms with Gasteiger partial charge in [0, 0.05) is 25.2 Å². The number of oxazole rings is 1. The van der Waals surface area contributed by atoms with E-state index in [0.29, 0.717) is 29.8 Å². The van der Waals surface area contributed by atoms with Gasteiger partial charge in [0.25, 0.3) is 5.91 Å². The zero-order valence-electron chi connectivity index (χ0n) is 17.7. The highest BCUT2D eigenvalue weighted by molar-refractivity contribution is 5.94. The standard InChI is InChI=1S/C25H25N3O3/c1-27(2)13-14-28(24(29)19-8-4-3-5-9-19)17-18-7-6-10-20(15-18)21-11-12-22-23(16-21)31-25(30)26-22/h3-12,15-16H,13-14,17H2,1-2H3,(H,26,30). The van der Waals surface area contributed by atoms with Crippen LogP contribution in [0.25, 0.3) is 22.2 Å². The summed E-state index contributed by atoms with van der Waals surface area (Å²) in [5.41, 5.74) is 4.88. The van der Waals surface area contributed by atoms with Gasteiger partial charge in [0.05, 0.1) is 5.52 Å². The Labute approximate surface area is 180 Å². The predicted molar refractivity (Wildman–Crippen MR) is 122 cm³/mol. The molecule has 1 amide bonds. The number of rotatable bonds is 7. The Morgan fingerprint density at radius 3 is 2.45 bits per heavy atom. The number of hydrogen-bond acceptors (Lipinski definition) is 4. The van der Waals surface area contributed by atoms with Crippen molar-refractivity contribution >= 4 is 17.0 Å². The minimum atomic E-state index is -0.461. The number of H-pyrrole nitrogens is 1. The normalized spacial score (nSPS) is 11.2. The highest BCUT2D eigenvalue weighted by Crippen LogP contribution is 2.24. The van der Waals surface area contributed by atoms with Crippen molar-refractivity contribution < 1.29 is 9.21 Å². The molecular weight excluding hydrogens is 390 g/mol. The molecule has 0 saturated carbocycles. The lowest BCUT2D eigenvalue weighted by molar-refractivity contribution is 0.0732. The highest BCUT2D eigenvalue weighted by atomic mass is 16.4. The van der Waals surface area contributed by atoms with Crippen LogP contribution in [0.4, 0.5) is 0 Å². The minimum absolute atomic E-state index is 0.0170. The highest BCUT2D eigenvalue weighted by Gasteiger charge is 2.16. The lowest BCUT2D eigenvalue weighted by Crippen LogP contribution is -2.36. The van der Waals surface area contributed by atoms with Crippen LogP contribution >= 0.6 is 0 Å². The molecule has 0 fully saturated rings. The van der Waals surface area contributed by atoms with Gasteiger partial charge in [-0.25, -0.2) is 4.79 Å². The molecule has 4 aromatic rings. The first-order chi connectivity index (χ1) is 15.0. The second kappa shape index (κ2) is 9.02. The Hall–Kier alpha value is -3.64. The van der Waals surface area contributed by atoms with E-state index in [0.717, 1.165) is 23.2 Å². The first kappa shape index (κ1) is 20.6. The Morgan fingerprint density at radius 1 is 0.903 bits per heavy atom. The number of likely N-dealkylation sites (N-methyl/N-ethyl adjacent to an activating group) is 1. The smallest absolute Gasteiger partial charge is 0.408 e. The van der Waals surface area contributed by atoms with Crippen molar-refractivity contribution in [2.45, 2.75) is 6.54 Å². The van der Waals surface area contributed by atoms with Gasteiger partial charge in [-0.2, -0.15) is 0 Å². The van der Waals surface area contributed by atoms with Crippen molar-refractivity contribution in [1.29, 1.82) is 0 Å². The van der Waals surface area contributed by atoms with Crippen LogP contribution < -0.4 is 5.76 Å². The zero-order valence-corrected chi connectivity index (χ0v) is 17.7. The molecular formula is C25H25N3O3. The molecule has 1 heterocycles. The Balaban J connectivity index is 1.60. The topological polar surface area (TPSA) is 69.6 Å². The predicted octanol–water partition coefficient (Wildman–Crippen LogP) is 3.99. The van der Waals surface area contributed by atoms with E-state index in [2.05, 4.69) is 16.0 Å². The van der Waals surface area contributed by atoms with Crippen molar-refractivity contribution in [3.05, 3.63) is 94.5 Å². The van der Waals surface area contributed by atoms with Gasteiger partial charge < -0.3 is 14.2 Å². The van der Waals surface area contributed by atoms with Crippen LogP contribution in [0.2, 0.25) is 0 Å². The molecule has 0 spiro atoms. The molecule has 0 unspecified atom stereocenters. The van der Waals surface area contributed by atoms with Crippen LogP contribution in [0, 0.1) is 0 Å². The first-order valence-electron chi connectivity index (χ1n) is 10.2.